The number of piperidine rings is 1. The molecule has 1 aliphatic heterocycles. The average Bonchev–Trinajstić information content (AvgIpc) is 2.67. The molecule has 0 saturated carbocycles. The van der Waals surface area contributed by atoms with Gasteiger partial charge in [-0.3, -0.25) is 4.79 Å². The van der Waals surface area contributed by atoms with E-state index in [4.69, 9.17) is 4.74 Å². The fourth-order valence-corrected chi connectivity index (χ4v) is 3.11. The van der Waals surface area contributed by atoms with Gasteiger partial charge in [-0.15, -0.1) is 12.4 Å². The fourth-order valence-electron chi connectivity index (χ4n) is 3.11. The lowest BCUT2D eigenvalue weighted by Crippen LogP contribution is -2.43. The van der Waals surface area contributed by atoms with Gasteiger partial charge in [-0.25, -0.2) is 0 Å². The number of anilines is 1. The maximum Gasteiger partial charge on any atom is 0.231 e. The zero-order chi connectivity index (χ0) is 16.8. The fraction of sp³-hybridized carbons (Fsp3) is 0.350. The Bertz CT molecular complexity index is 655. The summed E-state index contributed by atoms with van der Waals surface area (Å²) in [5.74, 6) is 1.03. The van der Waals surface area contributed by atoms with Crippen molar-refractivity contribution in [1.82, 2.24) is 5.32 Å². The summed E-state index contributed by atoms with van der Waals surface area (Å²) in [6, 6.07) is 17.8. The molecule has 4 nitrogen and oxygen atoms in total. The first-order chi connectivity index (χ1) is 11.8. The van der Waals surface area contributed by atoms with Gasteiger partial charge in [0.2, 0.25) is 5.91 Å². The van der Waals surface area contributed by atoms with Gasteiger partial charge in [0.05, 0.1) is 19.6 Å². The topological polar surface area (TPSA) is 41.6 Å². The molecular weight excluding hydrogens is 336 g/mol. The van der Waals surface area contributed by atoms with Crippen molar-refractivity contribution in [2.24, 2.45) is 5.92 Å². The van der Waals surface area contributed by atoms with E-state index < -0.39 is 0 Å². The van der Waals surface area contributed by atoms with Gasteiger partial charge in [0.1, 0.15) is 5.75 Å². The molecule has 0 spiro atoms. The molecule has 1 saturated heterocycles. The first-order valence-electron chi connectivity index (χ1n) is 8.48. The highest BCUT2D eigenvalue weighted by molar-refractivity contribution is 5.95. The van der Waals surface area contributed by atoms with Crippen LogP contribution in [0.3, 0.4) is 0 Å². The molecule has 0 radical (unpaired) electrons. The van der Waals surface area contributed by atoms with E-state index in [2.05, 4.69) is 17.4 Å². The van der Waals surface area contributed by atoms with Crippen LogP contribution in [0.15, 0.2) is 54.6 Å². The summed E-state index contributed by atoms with van der Waals surface area (Å²) in [6.07, 6.45) is 2.01. The van der Waals surface area contributed by atoms with Crippen molar-refractivity contribution in [3.8, 4) is 5.75 Å². The Morgan fingerprint density at radius 2 is 1.88 bits per heavy atom. The molecule has 0 aliphatic carbocycles. The van der Waals surface area contributed by atoms with E-state index in [9.17, 15) is 4.79 Å². The van der Waals surface area contributed by atoms with Crippen molar-refractivity contribution >= 4 is 24.0 Å². The standard InChI is InChI=1S/C20H24N2O2.ClH/c1-24-19-11-9-18(10-12-19)22(15-16-6-3-2-4-7-16)20(23)17-8-5-13-21-14-17;/h2-4,6-7,9-12,17,21H,5,8,13-15H2,1H3;1H. The predicted octanol–water partition coefficient (Wildman–Crippen LogP) is 3.65. The van der Waals surface area contributed by atoms with Crippen molar-refractivity contribution in [2.75, 3.05) is 25.1 Å². The van der Waals surface area contributed by atoms with Crippen LogP contribution in [-0.4, -0.2) is 26.1 Å². The Balaban J connectivity index is 0.00000225. The predicted molar refractivity (Wildman–Crippen MR) is 103 cm³/mol. The lowest BCUT2D eigenvalue weighted by molar-refractivity contribution is -0.123. The van der Waals surface area contributed by atoms with Crippen LogP contribution in [0, 0.1) is 5.92 Å². The number of benzene rings is 2. The van der Waals surface area contributed by atoms with Crippen LogP contribution in [0.1, 0.15) is 18.4 Å². The van der Waals surface area contributed by atoms with Gasteiger partial charge in [0.25, 0.3) is 0 Å². The number of halogens is 1. The second-order valence-electron chi connectivity index (χ2n) is 6.15. The summed E-state index contributed by atoms with van der Waals surface area (Å²) < 4.78 is 5.23. The molecule has 1 amide bonds. The average molecular weight is 361 g/mol. The Hall–Kier alpha value is -2.04. The molecule has 134 valence electrons. The quantitative estimate of drug-likeness (QED) is 0.884. The minimum Gasteiger partial charge on any atom is -0.497 e. The molecule has 2 aromatic rings. The second kappa shape index (κ2) is 9.44. The SMILES string of the molecule is COc1ccc(N(Cc2ccccc2)C(=O)C2CCCNC2)cc1.Cl. The zero-order valence-electron chi connectivity index (χ0n) is 14.5. The Kier molecular flexibility index (Phi) is 7.29. The maximum atomic E-state index is 13.1. The normalized spacial score (nSPS) is 16.6. The number of rotatable bonds is 5. The van der Waals surface area contributed by atoms with Crippen LogP contribution < -0.4 is 15.0 Å². The highest BCUT2D eigenvalue weighted by Gasteiger charge is 2.27. The summed E-state index contributed by atoms with van der Waals surface area (Å²) in [6.45, 7) is 2.35. The van der Waals surface area contributed by atoms with Gasteiger partial charge >= 0.3 is 0 Å². The summed E-state index contributed by atoms with van der Waals surface area (Å²) in [5, 5.41) is 3.34. The van der Waals surface area contributed by atoms with E-state index in [1.807, 2.05) is 47.4 Å². The third-order valence-corrected chi connectivity index (χ3v) is 4.48. The molecular formula is C20H25ClN2O2. The zero-order valence-corrected chi connectivity index (χ0v) is 15.3. The van der Waals surface area contributed by atoms with Crippen LogP contribution in [0.4, 0.5) is 5.69 Å². The van der Waals surface area contributed by atoms with Crippen molar-refractivity contribution < 1.29 is 9.53 Å². The van der Waals surface area contributed by atoms with Gasteiger partial charge < -0.3 is 15.0 Å². The Morgan fingerprint density at radius 1 is 1.16 bits per heavy atom. The van der Waals surface area contributed by atoms with Crippen molar-refractivity contribution in [1.29, 1.82) is 0 Å². The minimum absolute atomic E-state index is 0. The summed E-state index contributed by atoms with van der Waals surface area (Å²) in [7, 11) is 1.65. The van der Waals surface area contributed by atoms with Crippen molar-refractivity contribution in [3.05, 3.63) is 60.2 Å². The highest BCUT2D eigenvalue weighted by Crippen LogP contribution is 2.24. The van der Waals surface area contributed by atoms with E-state index in [0.717, 1.165) is 42.9 Å². The van der Waals surface area contributed by atoms with Gasteiger partial charge in [-0.2, -0.15) is 0 Å². The van der Waals surface area contributed by atoms with E-state index in [1.165, 1.54) is 0 Å². The molecule has 5 heteroatoms. The number of amides is 1. The van der Waals surface area contributed by atoms with Crippen molar-refractivity contribution in [2.45, 2.75) is 19.4 Å². The molecule has 3 rings (SSSR count). The number of carbonyl (C=O) groups is 1. The molecule has 0 bridgehead atoms. The smallest absolute Gasteiger partial charge is 0.231 e. The molecule has 1 N–H and O–H groups in total. The monoisotopic (exact) mass is 360 g/mol. The molecule has 1 unspecified atom stereocenters. The van der Waals surface area contributed by atoms with Gasteiger partial charge in [-0.1, -0.05) is 30.3 Å². The second-order valence-corrected chi connectivity index (χ2v) is 6.15. The summed E-state index contributed by atoms with van der Waals surface area (Å²) in [4.78, 5) is 15.0. The third kappa shape index (κ3) is 4.97. The Morgan fingerprint density at radius 3 is 2.48 bits per heavy atom. The van der Waals surface area contributed by atoms with Crippen molar-refractivity contribution in [3.63, 3.8) is 0 Å². The largest absolute Gasteiger partial charge is 0.497 e. The lowest BCUT2D eigenvalue weighted by atomic mass is 9.97. The van der Waals surface area contributed by atoms with Crippen LogP contribution in [0.25, 0.3) is 0 Å². The summed E-state index contributed by atoms with van der Waals surface area (Å²) in [5.41, 5.74) is 2.04. The van der Waals surface area contributed by atoms with Gasteiger partial charge in [-0.05, 0) is 49.2 Å². The molecule has 25 heavy (non-hydrogen) atoms. The van der Waals surface area contributed by atoms with Crippen LogP contribution in [-0.2, 0) is 11.3 Å². The number of methoxy groups -OCH3 is 1. The molecule has 1 heterocycles. The number of nitrogens with zero attached hydrogens (tertiary/aromatic N) is 1. The number of hydrogen-bond donors (Lipinski definition) is 1. The number of nitrogens with one attached hydrogen (secondary N) is 1. The molecule has 1 aliphatic rings. The van der Waals surface area contributed by atoms with Gasteiger partial charge in [0, 0.05) is 12.2 Å². The van der Waals surface area contributed by atoms with E-state index in [0.29, 0.717) is 6.54 Å². The van der Waals surface area contributed by atoms with Gasteiger partial charge in [0.15, 0.2) is 0 Å². The minimum atomic E-state index is 0. The van der Waals surface area contributed by atoms with Crippen LogP contribution >= 0.6 is 12.4 Å². The van der Waals surface area contributed by atoms with E-state index in [1.54, 1.807) is 7.11 Å². The first-order valence-corrected chi connectivity index (χ1v) is 8.48. The molecule has 0 aromatic heterocycles. The third-order valence-electron chi connectivity index (χ3n) is 4.48. The Labute approximate surface area is 155 Å². The van der Waals surface area contributed by atoms with E-state index >= 15 is 0 Å². The van der Waals surface area contributed by atoms with E-state index in [-0.39, 0.29) is 24.2 Å². The maximum absolute atomic E-state index is 13.1. The number of hydrogen-bond acceptors (Lipinski definition) is 3. The highest BCUT2D eigenvalue weighted by atomic mass is 35.5. The lowest BCUT2D eigenvalue weighted by Gasteiger charge is -2.30. The van der Waals surface area contributed by atoms with Crippen LogP contribution in [0.2, 0.25) is 0 Å². The molecule has 1 atom stereocenters. The number of carbonyl (C=O) groups excluding carboxylic acids is 1. The number of ether oxygens (including phenoxy) is 1. The molecule has 1 fully saturated rings. The molecule has 2 aromatic carbocycles. The van der Waals surface area contributed by atoms with Crippen LogP contribution in [0.5, 0.6) is 5.75 Å². The summed E-state index contributed by atoms with van der Waals surface area (Å²) >= 11 is 0. The first kappa shape index (κ1) is 19.3.